The summed E-state index contributed by atoms with van der Waals surface area (Å²) in [5.41, 5.74) is -0.312. The molecular weight excluding hydrogens is 201 g/mol. The number of ether oxygens (including phenoxy) is 1. The van der Waals surface area contributed by atoms with Crippen LogP contribution in [0.5, 0.6) is 0 Å². The number of carbonyl (C=O) groups is 2. The monoisotopic (exact) mass is 215 g/mol. The first-order valence-electron chi connectivity index (χ1n) is 4.23. The zero-order chi connectivity index (χ0) is 12.0. The minimum atomic E-state index is -0.843. The summed E-state index contributed by atoms with van der Waals surface area (Å²) in [5.74, 6) is -2.07. The predicted molar refractivity (Wildman–Crippen MR) is 53.7 cm³/mol. The molecule has 0 aromatic heterocycles. The van der Waals surface area contributed by atoms with Crippen molar-refractivity contribution < 1.29 is 18.7 Å². The van der Waals surface area contributed by atoms with Crippen molar-refractivity contribution in [2.75, 3.05) is 21.2 Å². The maximum absolute atomic E-state index is 13.1. The van der Waals surface area contributed by atoms with Gasteiger partial charge in [-0.25, -0.2) is 9.18 Å². The molecule has 15 heavy (non-hydrogen) atoms. The first-order chi connectivity index (χ1) is 6.88. The van der Waals surface area contributed by atoms with Gasteiger partial charge in [0.25, 0.3) is 0 Å². The van der Waals surface area contributed by atoms with Crippen molar-refractivity contribution >= 4 is 11.8 Å². The van der Waals surface area contributed by atoms with E-state index in [1.54, 1.807) is 14.1 Å². The van der Waals surface area contributed by atoms with Gasteiger partial charge in [0.05, 0.1) is 7.11 Å². The van der Waals surface area contributed by atoms with Gasteiger partial charge < -0.3 is 9.64 Å². The third-order valence-corrected chi connectivity index (χ3v) is 1.45. The van der Waals surface area contributed by atoms with Gasteiger partial charge in [-0.1, -0.05) is 0 Å². The van der Waals surface area contributed by atoms with Gasteiger partial charge in [-0.15, -0.1) is 0 Å². The molecule has 0 spiro atoms. The van der Waals surface area contributed by atoms with Gasteiger partial charge in [0.15, 0.2) is 5.78 Å². The van der Waals surface area contributed by atoms with Crippen molar-refractivity contribution in [1.82, 2.24) is 4.90 Å². The van der Waals surface area contributed by atoms with E-state index in [1.165, 1.54) is 11.8 Å². The Kier molecular flexibility index (Phi) is 5.30. The lowest BCUT2D eigenvalue weighted by Crippen LogP contribution is -2.12. The van der Waals surface area contributed by atoms with Crippen LogP contribution in [0.25, 0.3) is 0 Å². The molecule has 0 rings (SSSR count). The Balaban J connectivity index is 5.01. The van der Waals surface area contributed by atoms with Crippen LogP contribution in [0.3, 0.4) is 0 Å². The number of rotatable bonds is 4. The lowest BCUT2D eigenvalue weighted by molar-refractivity contribution is -0.137. The van der Waals surface area contributed by atoms with E-state index in [-0.39, 0.29) is 5.57 Å². The molecule has 4 nitrogen and oxygen atoms in total. The first kappa shape index (κ1) is 13.4. The number of allylic oxidation sites excluding steroid dienone is 2. The van der Waals surface area contributed by atoms with Gasteiger partial charge in [-0.05, 0) is 13.0 Å². The quantitative estimate of drug-likeness (QED) is 0.231. The normalized spacial score (nSPS) is 12.3. The second-order valence-corrected chi connectivity index (χ2v) is 3.08. The third-order valence-electron chi connectivity index (χ3n) is 1.45. The molecule has 0 unspecified atom stereocenters. The van der Waals surface area contributed by atoms with Crippen LogP contribution in [-0.2, 0) is 14.3 Å². The number of hydrogen-bond donors (Lipinski definition) is 0. The molecule has 0 aliphatic heterocycles. The zero-order valence-corrected chi connectivity index (χ0v) is 9.20. The number of carbonyl (C=O) groups excluding carboxylic acids is 2. The predicted octanol–water partition coefficient (Wildman–Crippen LogP) is 1.05. The summed E-state index contributed by atoms with van der Waals surface area (Å²) in [4.78, 5) is 23.5. The Morgan fingerprint density at radius 3 is 2.20 bits per heavy atom. The molecule has 0 bridgehead atoms. The highest BCUT2D eigenvalue weighted by Gasteiger charge is 2.15. The molecule has 0 amide bonds. The lowest BCUT2D eigenvalue weighted by atomic mass is 10.1. The van der Waals surface area contributed by atoms with E-state index in [0.29, 0.717) is 0 Å². The molecule has 0 N–H and O–H groups in total. The smallest absolute Gasteiger partial charge is 0.341 e. The minimum Gasteiger partial charge on any atom is -0.465 e. The van der Waals surface area contributed by atoms with E-state index in [9.17, 15) is 14.0 Å². The molecule has 0 aromatic rings. The molecule has 84 valence electrons. The summed E-state index contributed by atoms with van der Waals surface area (Å²) in [6.07, 6.45) is 2.00. The van der Waals surface area contributed by atoms with Crippen molar-refractivity contribution in [1.29, 1.82) is 0 Å². The molecule has 0 fully saturated rings. The highest BCUT2D eigenvalue weighted by Crippen LogP contribution is 2.07. The molecule has 0 saturated carbocycles. The highest BCUT2D eigenvalue weighted by molar-refractivity contribution is 6.16. The van der Waals surface area contributed by atoms with Gasteiger partial charge in [0, 0.05) is 20.3 Å². The lowest BCUT2D eigenvalue weighted by Gasteiger charge is -2.04. The third kappa shape index (κ3) is 4.95. The number of halogens is 1. The fourth-order valence-corrected chi connectivity index (χ4v) is 0.836. The van der Waals surface area contributed by atoms with E-state index in [0.717, 1.165) is 19.4 Å². The van der Waals surface area contributed by atoms with Crippen LogP contribution in [0, 0.1) is 0 Å². The van der Waals surface area contributed by atoms with Gasteiger partial charge >= 0.3 is 5.97 Å². The Morgan fingerprint density at radius 1 is 1.33 bits per heavy atom. The number of esters is 1. The summed E-state index contributed by atoms with van der Waals surface area (Å²) < 4.78 is 17.5. The van der Waals surface area contributed by atoms with Crippen LogP contribution in [0.2, 0.25) is 0 Å². The van der Waals surface area contributed by atoms with Gasteiger partial charge in [0.1, 0.15) is 11.4 Å². The Hall–Kier alpha value is -1.65. The average molecular weight is 215 g/mol. The van der Waals surface area contributed by atoms with Gasteiger partial charge in [-0.3, -0.25) is 4.79 Å². The highest BCUT2D eigenvalue weighted by atomic mass is 19.1. The molecular formula is C10H14FNO3. The molecule has 0 atom stereocenters. The van der Waals surface area contributed by atoms with Crippen molar-refractivity contribution in [2.45, 2.75) is 6.92 Å². The molecule has 5 heteroatoms. The Bertz CT molecular complexity index is 319. The Labute approximate surface area is 88.0 Å². The first-order valence-corrected chi connectivity index (χ1v) is 4.23. The summed E-state index contributed by atoms with van der Waals surface area (Å²) in [6.45, 7) is 1.17. The van der Waals surface area contributed by atoms with Crippen LogP contribution in [0.4, 0.5) is 4.39 Å². The fraction of sp³-hybridized carbons (Fsp3) is 0.400. The second kappa shape index (κ2) is 5.95. The summed E-state index contributed by atoms with van der Waals surface area (Å²) in [6, 6.07) is 0. The van der Waals surface area contributed by atoms with Crippen molar-refractivity contribution in [3.8, 4) is 0 Å². The van der Waals surface area contributed by atoms with E-state index in [1.807, 2.05) is 0 Å². The molecule has 0 aliphatic rings. The minimum absolute atomic E-state index is 0.312. The van der Waals surface area contributed by atoms with Gasteiger partial charge in [0.2, 0.25) is 0 Å². The number of hydrogen-bond acceptors (Lipinski definition) is 4. The van der Waals surface area contributed by atoms with Crippen LogP contribution in [0.15, 0.2) is 23.7 Å². The number of ketones is 1. The largest absolute Gasteiger partial charge is 0.465 e. The topological polar surface area (TPSA) is 46.6 Å². The number of methoxy groups -OCH3 is 1. The Morgan fingerprint density at radius 2 is 1.87 bits per heavy atom. The van der Waals surface area contributed by atoms with Crippen LogP contribution < -0.4 is 0 Å². The van der Waals surface area contributed by atoms with Crippen molar-refractivity contribution in [3.05, 3.63) is 23.7 Å². The zero-order valence-electron chi connectivity index (χ0n) is 9.20. The van der Waals surface area contributed by atoms with Crippen LogP contribution >= 0.6 is 0 Å². The van der Waals surface area contributed by atoms with Gasteiger partial charge in [-0.2, -0.15) is 0 Å². The van der Waals surface area contributed by atoms with E-state index in [2.05, 4.69) is 4.74 Å². The summed E-state index contributed by atoms with van der Waals surface area (Å²) in [7, 11) is 4.38. The maximum Gasteiger partial charge on any atom is 0.341 e. The average Bonchev–Trinajstić information content (AvgIpc) is 2.11. The standard InChI is InChI=1S/C10H14FNO3/c1-7(13)9(10(14)15-4)5-8(11)6-12(2)3/h5-6H,1-4H3/b8-6-,9-5+. The molecule has 0 radical (unpaired) electrons. The molecule has 0 saturated heterocycles. The second-order valence-electron chi connectivity index (χ2n) is 3.08. The summed E-state index contributed by atoms with van der Waals surface area (Å²) >= 11 is 0. The van der Waals surface area contributed by atoms with Crippen molar-refractivity contribution in [3.63, 3.8) is 0 Å². The molecule has 0 heterocycles. The summed E-state index contributed by atoms with van der Waals surface area (Å²) in [5, 5.41) is 0. The van der Waals surface area contributed by atoms with E-state index >= 15 is 0 Å². The maximum atomic E-state index is 13.1. The van der Waals surface area contributed by atoms with Crippen molar-refractivity contribution in [2.24, 2.45) is 0 Å². The SMILES string of the molecule is COC(=O)/C(=C/C(F)=C/N(C)C)C(C)=O. The van der Waals surface area contributed by atoms with Crippen LogP contribution in [0.1, 0.15) is 6.92 Å². The number of nitrogens with zero attached hydrogens (tertiary/aromatic N) is 1. The fourth-order valence-electron chi connectivity index (χ4n) is 0.836. The van der Waals surface area contributed by atoms with Crippen LogP contribution in [-0.4, -0.2) is 37.9 Å². The molecule has 0 aliphatic carbocycles. The van der Waals surface area contributed by atoms with E-state index < -0.39 is 17.6 Å². The van der Waals surface area contributed by atoms with E-state index in [4.69, 9.17) is 0 Å². The number of Topliss-reactive ketones (excluding diaryl/α,β-unsaturated/α-hetero) is 1. The molecule has 0 aromatic carbocycles.